The lowest BCUT2D eigenvalue weighted by Gasteiger charge is -2.38. The zero-order valence-corrected chi connectivity index (χ0v) is 17.9. The molecule has 3 rings (SSSR count). The van der Waals surface area contributed by atoms with E-state index in [1.807, 2.05) is 23.1 Å². The second-order valence-corrected chi connectivity index (χ2v) is 9.55. The van der Waals surface area contributed by atoms with Crippen molar-refractivity contribution in [2.45, 2.75) is 37.1 Å². The number of piperidine rings is 1. The minimum atomic E-state index is -3.36. The number of aromatic nitrogens is 1. The van der Waals surface area contributed by atoms with Crippen molar-refractivity contribution in [3.8, 4) is 0 Å². The molecule has 1 aromatic carbocycles. The Morgan fingerprint density at radius 2 is 1.93 bits per heavy atom. The van der Waals surface area contributed by atoms with Gasteiger partial charge >= 0.3 is 0 Å². The molecule has 0 spiro atoms. The van der Waals surface area contributed by atoms with Crippen LogP contribution in [0, 0.1) is 0 Å². The van der Waals surface area contributed by atoms with Crippen LogP contribution < -0.4 is 0 Å². The Bertz CT molecular complexity index is 923. The Hall–Kier alpha value is -2.25. The summed E-state index contributed by atoms with van der Waals surface area (Å²) in [5.74, 6) is -0.110. The smallest absolute Gasteiger partial charge is 0.254 e. The molecule has 2 aromatic rings. The first kappa shape index (κ1) is 21.5. The molecule has 1 aromatic heterocycles. The lowest BCUT2D eigenvalue weighted by Crippen LogP contribution is -2.48. The molecule has 0 N–H and O–H groups in total. The van der Waals surface area contributed by atoms with E-state index >= 15 is 0 Å². The average Bonchev–Trinajstić information content (AvgIpc) is 2.74. The number of rotatable bonds is 7. The molecular weight excluding hydrogens is 386 g/mol. The Morgan fingerprint density at radius 1 is 1.17 bits per heavy atom. The van der Waals surface area contributed by atoms with Crippen LogP contribution in [0.25, 0.3) is 0 Å². The van der Waals surface area contributed by atoms with Gasteiger partial charge in [-0.1, -0.05) is 19.1 Å². The minimum absolute atomic E-state index is 0.110. The molecule has 7 heteroatoms. The molecule has 0 unspecified atom stereocenters. The summed E-state index contributed by atoms with van der Waals surface area (Å²) in [7, 11) is -3.36. The van der Waals surface area contributed by atoms with E-state index < -0.39 is 9.84 Å². The maximum Gasteiger partial charge on any atom is 0.254 e. The van der Waals surface area contributed by atoms with Gasteiger partial charge in [0.25, 0.3) is 5.91 Å². The van der Waals surface area contributed by atoms with Gasteiger partial charge in [0.05, 0.1) is 4.90 Å². The number of hydrogen-bond acceptors (Lipinski definition) is 5. The third kappa shape index (κ3) is 5.64. The van der Waals surface area contributed by atoms with E-state index in [0.29, 0.717) is 18.5 Å². The van der Waals surface area contributed by atoms with Crippen molar-refractivity contribution in [3.05, 3.63) is 59.9 Å². The number of carbonyl (C=O) groups is 1. The van der Waals surface area contributed by atoms with Crippen molar-refractivity contribution in [3.63, 3.8) is 0 Å². The fraction of sp³-hybridized carbons (Fsp3) is 0.455. The first-order valence-electron chi connectivity index (χ1n) is 10.1. The lowest BCUT2D eigenvalue weighted by atomic mass is 10.0. The molecule has 1 aliphatic heterocycles. The van der Waals surface area contributed by atoms with Crippen LogP contribution in [0.5, 0.6) is 0 Å². The summed E-state index contributed by atoms with van der Waals surface area (Å²) in [5.41, 5.74) is 1.37. The molecule has 0 atom stereocenters. The number of nitrogens with zero attached hydrogens (tertiary/aromatic N) is 3. The third-order valence-electron chi connectivity index (χ3n) is 5.55. The Labute approximate surface area is 173 Å². The highest BCUT2D eigenvalue weighted by molar-refractivity contribution is 7.90. The Balaban J connectivity index is 1.82. The molecule has 1 fully saturated rings. The number of carbonyl (C=O) groups excluding carboxylic acids is 1. The molecular formula is C22H29N3O3S. The quantitative estimate of drug-likeness (QED) is 0.695. The number of sulfone groups is 1. The predicted molar refractivity (Wildman–Crippen MR) is 114 cm³/mol. The van der Waals surface area contributed by atoms with E-state index in [9.17, 15) is 13.2 Å². The van der Waals surface area contributed by atoms with Gasteiger partial charge in [-0.25, -0.2) is 8.42 Å². The highest BCUT2D eigenvalue weighted by atomic mass is 32.2. The number of benzene rings is 1. The number of amides is 1. The summed E-state index contributed by atoms with van der Waals surface area (Å²) >= 11 is 0. The molecule has 1 aliphatic rings. The first-order valence-corrected chi connectivity index (χ1v) is 12.0. The van der Waals surface area contributed by atoms with Crippen molar-refractivity contribution in [2.24, 2.45) is 0 Å². The van der Waals surface area contributed by atoms with Gasteiger partial charge in [-0.2, -0.15) is 0 Å². The van der Waals surface area contributed by atoms with Gasteiger partial charge in [-0.05, 0) is 49.7 Å². The van der Waals surface area contributed by atoms with E-state index in [0.717, 1.165) is 44.4 Å². The highest BCUT2D eigenvalue weighted by Gasteiger charge is 2.28. The summed E-state index contributed by atoms with van der Waals surface area (Å²) in [6.07, 6.45) is 5.44. The number of pyridine rings is 1. The van der Waals surface area contributed by atoms with Crippen LogP contribution in [0.1, 0.15) is 35.8 Å². The normalized spacial score (nSPS) is 15.9. The number of likely N-dealkylation sites (tertiary alicyclic amines) is 1. The van der Waals surface area contributed by atoms with E-state index in [4.69, 9.17) is 0 Å². The monoisotopic (exact) mass is 415 g/mol. The van der Waals surface area contributed by atoms with Crippen molar-refractivity contribution in [1.82, 2.24) is 14.8 Å². The topological polar surface area (TPSA) is 70.6 Å². The largest absolute Gasteiger partial charge is 0.335 e. The van der Waals surface area contributed by atoms with Gasteiger partial charge in [0, 0.05) is 55.8 Å². The van der Waals surface area contributed by atoms with Crippen LogP contribution in [-0.4, -0.2) is 67.6 Å². The average molecular weight is 416 g/mol. The van der Waals surface area contributed by atoms with Crippen LogP contribution >= 0.6 is 0 Å². The van der Waals surface area contributed by atoms with Gasteiger partial charge < -0.3 is 9.80 Å². The van der Waals surface area contributed by atoms with Crippen LogP contribution in [0.4, 0.5) is 0 Å². The third-order valence-corrected chi connectivity index (χ3v) is 6.66. The predicted octanol–water partition coefficient (Wildman–Crippen LogP) is 2.65. The first-order chi connectivity index (χ1) is 13.9. The number of hydrogen-bond donors (Lipinski definition) is 0. The van der Waals surface area contributed by atoms with E-state index in [1.54, 1.807) is 18.3 Å². The molecule has 6 nitrogen and oxygen atoms in total. The van der Waals surface area contributed by atoms with Gasteiger partial charge in [-0.3, -0.25) is 9.78 Å². The van der Waals surface area contributed by atoms with Crippen LogP contribution in [0.2, 0.25) is 0 Å². The molecule has 2 heterocycles. The molecule has 1 saturated heterocycles. The van der Waals surface area contributed by atoms with E-state index in [-0.39, 0.29) is 16.8 Å². The van der Waals surface area contributed by atoms with Crippen molar-refractivity contribution in [2.75, 3.05) is 32.4 Å². The summed E-state index contributed by atoms with van der Waals surface area (Å²) < 4.78 is 23.8. The van der Waals surface area contributed by atoms with Crippen LogP contribution in [-0.2, 0) is 16.3 Å². The fourth-order valence-corrected chi connectivity index (χ4v) is 4.47. The molecule has 29 heavy (non-hydrogen) atoms. The van der Waals surface area contributed by atoms with Crippen molar-refractivity contribution >= 4 is 15.7 Å². The van der Waals surface area contributed by atoms with Crippen molar-refractivity contribution < 1.29 is 13.2 Å². The molecule has 0 saturated carbocycles. The maximum atomic E-state index is 13.4. The van der Waals surface area contributed by atoms with Gasteiger partial charge in [0.1, 0.15) is 0 Å². The molecule has 0 bridgehead atoms. The Kier molecular flexibility index (Phi) is 7.03. The van der Waals surface area contributed by atoms with E-state index in [2.05, 4.69) is 16.8 Å². The molecule has 156 valence electrons. The van der Waals surface area contributed by atoms with Gasteiger partial charge in [0.15, 0.2) is 9.84 Å². The van der Waals surface area contributed by atoms with Crippen LogP contribution in [0.3, 0.4) is 0 Å². The second kappa shape index (κ2) is 9.50. The zero-order chi connectivity index (χ0) is 20.9. The second-order valence-electron chi connectivity index (χ2n) is 7.54. The minimum Gasteiger partial charge on any atom is -0.335 e. The molecule has 0 aliphatic carbocycles. The van der Waals surface area contributed by atoms with E-state index in [1.165, 1.54) is 12.1 Å². The summed E-state index contributed by atoms with van der Waals surface area (Å²) in [5, 5.41) is 0. The standard InChI is InChI=1S/C22H29N3O3S/c1-3-24-14-11-20(12-15-24)25(16-10-19-8-4-5-13-23-19)22(26)18-7-6-9-21(17-18)29(2,27)28/h4-9,13,17,20H,3,10-12,14-16H2,1-2H3. The van der Waals surface area contributed by atoms with Gasteiger partial charge in [-0.15, -0.1) is 0 Å². The molecule has 1 amide bonds. The van der Waals surface area contributed by atoms with Crippen molar-refractivity contribution in [1.29, 1.82) is 0 Å². The zero-order valence-electron chi connectivity index (χ0n) is 17.1. The summed E-state index contributed by atoms with van der Waals surface area (Å²) in [4.78, 5) is 22.3. The Morgan fingerprint density at radius 3 is 2.55 bits per heavy atom. The highest BCUT2D eigenvalue weighted by Crippen LogP contribution is 2.21. The SMILES string of the molecule is CCN1CCC(N(CCc2ccccn2)C(=O)c2cccc(S(C)(=O)=O)c2)CC1. The van der Waals surface area contributed by atoms with Crippen LogP contribution in [0.15, 0.2) is 53.6 Å². The summed E-state index contributed by atoms with van der Waals surface area (Å²) in [6.45, 7) is 5.68. The lowest BCUT2D eigenvalue weighted by molar-refractivity contribution is 0.0579. The van der Waals surface area contributed by atoms with Gasteiger partial charge in [0.2, 0.25) is 0 Å². The summed E-state index contributed by atoms with van der Waals surface area (Å²) in [6, 6.07) is 12.3. The fourth-order valence-electron chi connectivity index (χ4n) is 3.80. The molecule has 0 radical (unpaired) electrons. The maximum absolute atomic E-state index is 13.4.